The van der Waals surface area contributed by atoms with Crippen LogP contribution in [-0.4, -0.2) is 23.0 Å². The van der Waals surface area contributed by atoms with Gasteiger partial charge >= 0.3 is 0 Å². The number of nitrogens with one attached hydrogen (secondary N) is 1. The minimum atomic E-state index is -0.191. The van der Waals surface area contributed by atoms with Crippen LogP contribution in [0.15, 0.2) is 5.16 Å². The summed E-state index contributed by atoms with van der Waals surface area (Å²) in [5, 5.41) is 15.1. The van der Waals surface area contributed by atoms with E-state index in [9.17, 15) is 0 Å². The van der Waals surface area contributed by atoms with Crippen molar-refractivity contribution in [1.29, 1.82) is 0 Å². The van der Waals surface area contributed by atoms with E-state index in [1.54, 1.807) is 0 Å². The van der Waals surface area contributed by atoms with Crippen molar-refractivity contribution >= 4 is 5.71 Å². The molecule has 0 unspecified atom stereocenters. The van der Waals surface area contributed by atoms with Crippen molar-refractivity contribution in [1.82, 2.24) is 5.32 Å². The Morgan fingerprint density at radius 1 is 1.50 bits per heavy atom. The second kappa shape index (κ2) is 5.14. The number of unbranched alkanes of at least 4 members (excludes halogenated alkanes) is 1. The molecule has 0 heterocycles. The zero-order chi connectivity index (χ0) is 9.61. The average Bonchev–Trinajstić information content (AvgIpc) is 2.03. The van der Waals surface area contributed by atoms with E-state index in [-0.39, 0.29) is 5.54 Å². The fraction of sp³-hybridized carbons (Fsp3) is 0.889. The van der Waals surface area contributed by atoms with Crippen LogP contribution in [0.4, 0.5) is 0 Å². The van der Waals surface area contributed by atoms with Crippen LogP contribution in [0, 0.1) is 0 Å². The lowest BCUT2D eigenvalue weighted by molar-refractivity contribution is 0.310. The Kier molecular flexibility index (Phi) is 4.90. The molecule has 0 aliphatic rings. The highest BCUT2D eigenvalue weighted by atomic mass is 16.4. The first kappa shape index (κ1) is 11.4. The third kappa shape index (κ3) is 3.72. The van der Waals surface area contributed by atoms with Crippen LogP contribution in [0.2, 0.25) is 0 Å². The van der Waals surface area contributed by atoms with Crippen molar-refractivity contribution in [2.24, 2.45) is 5.16 Å². The minimum absolute atomic E-state index is 0.191. The van der Waals surface area contributed by atoms with Crippen LogP contribution in [0.5, 0.6) is 0 Å². The maximum Gasteiger partial charge on any atom is 0.0734 e. The van der Waals surface area contributed by atoms with Gasteiger partial charge in [-0.2, -0.15) is 0 Å². The van der Waals surface area contributed by atoms with Crippen LogP contribution < -0.4 is 5.32 Å². The summed E-state index contributed by atoms with van der Waals surface area (Å²) in [6.07, 6.45) is 2.33. The van der Waals surface area contributed by atoms with E-state index >= 15 is 0 Å². The van der Waals surface area contributed by atoms with Gasteiger partial charge in [0.25, 0.3) is 0 Å². The Balaban J connectivity index is 3.87. The topological polar surface area (TPSA) is 44.6 Å². The second-order valence-electron chi connectivity index (χ2n) is 3.59. The average molecular weight is 172 g/mol. The van der Waals surface area contributed by atoms with E-state index < -0.39 is 0 Å². The Morgan fingerprint density at radius 3 is 2.50 bits per heavy atom. The highest BCUT2D eigenvalue weighted by Crippen LogP contribution is 2.05. The van der Waals surface area contributed by atoms with E-state index in [1.165, 1.54) is 6.42 Å². The van der Waals surface area contributed by atoms with Gasteiger partial charge in [0.2, 0.25) is 0 Å². The third-order valence-electron chi connectivity index (χ3n) is 2.15. The molecule has 0 spiro atoms. The number of oxime groups is 1. The molecule has 12 heavy (non-hydrogen) atoms. The molecule has 0 aromatic carbocycles. The van der Waals surface area contributed by atoms with Gasteiger partial charge in [0.05, 0.1) is 11.3 Å². The van der Waals surface area contributed by atoms with Crippen molar-refractivity contribution in [3.8, 4) is 0 Å². The maximum atomic E-state index is 8.57. The van der Waals surface area contributed by atoms with Crippen molar-refractivity contribution in [2.75, 3.05) is 6.54 Å². The monoisotopic (exact) mass is 172 g/mol. The summed E-state index contributed by atoms with van der Waals surface area (Å²) >= 11 is 0. The highest BCUT2D eigenvalue weighted by Gasteiger charge is 2.20. The van der Waals surface area contributed by atoms with Crippen LogP contribution in [0.1, 0.15) is 40.5 Å². The van der Waals surface area contributed by atoms with Gasteiger partial charge in [0.15, 0.2) is 0 Å². The molecule has 0 aromatic rings. The predicted octanol–water partition coefficient (Wildman–Crippen LogP) is 2.00. The summed E-state index contributed by atoms with van der Waals surface area (Å²) in [5.74, 6) is 0. The predicted molar refractivity (Wildman–Crippen MR) is 51.9 cm³/mol. The third-order valence-corrected chi connectivity index (χ3v) is 2.15. The first-order valence-corrected chi connectivity index (χ1v) is 4.48. The molecular formula is C9H20N2O. The zero-order valence-electron chi connectivity index (χ0n) is 8.52. The quantitative estimate of drug-likeness (QED) is 0.288. The molecule has 0 aliphatic carbocycles. The molecular weight excluding hydrogens is 152 g/mol. The summed E-state index contributed by atoms with van der Waals surface area (Å²) in [6, 6.07) is 0. The lowest BCUT2D eigenvalue weighted by Crippen LogP contribution is -2.45. The number of hydrogen-bond donors (Lipinski definition) is 2. The van der Waals surface area contributed by atoms with E-state index in [4.69, 9.17) is 5.21 Å². The number of rotatable bonds is 5. The standard InChI is InChI=1S/C9H20N2O/c1-5-6-7-10-9(3,4)8(2)11-12/h10,12H,5-7H2,1-4H3. The molecule has 2 N–H and O–H groups in total. The van der Waals surface area contributed by atoms with Gasteiger partial charge in [0, 0.05) is 0 Å². The number of nitrogens with zero attached hydrogens (tertiary/aromatic N) is 1. The van der Waals surface area contributed by atoms with Crippen LogP contribution in [0.25, 0.3) is 0 Å². The molecule has 0 saturated heterocycles. The molecule has 72 valence electrons. The molecule has 0 bridgehead atoms. The molecule has 3 heteroatoms. The lowest BCUT2D eigenvalue weighted by atomic mass is 9.99. The fourth-order valence-electron chi connectivity index (χ4n) is 0.831. The van der Waals surface area contributed by atoms with E-state index in [0.717, 1.165) is 18.7 Å². The lowest BCUT2D eigenvalue weighted by Gasteiger charge is -2.25. The van der Waals surface area contributed by atoms with Gasteiger partial charge in [-0.1, -0.05) is 18.5 Å². The summed E-state index contributed by atoms with van der Waals surface area (Å²) in [6.45, 7) is 8.96. The van der Waals surface area contributed by atoms with Gasteiger partial charge in [-0.3, -0.25) is 0 Å². The first-order chi connectivity index (χ1) is 5.54. The van der Waals surface area contributed by atoms with Crippen LogP contribution in [-0.2, 0) is 0 Å². The molecule has 0 radical (unpaired) electrons. The van der Waals surface area contributed by atoms with E-state index in [1.807, 2.05) is 20.8 Å². The SMILES string of the molecule is CCCCNC(C)(C)C(C)=NO. The molecule has 0 fully saturated rings. The van der Waals surface area contributed by atoms with Gasteiger partial charge in [-0.15, -0.1) is 0 Å². The van der Waals surface area contributed by atoms with Crippen molar-refractivity contribution in [3.05, 3.63) is 0 Å². The molecule has 0 aromatic heterocycles. The second-order valence-corrected chi connectivity index (χ2v) is 3.59. The molecule has 0 amide bonds. The zero-order valence-corrected chi connectivity index (χ0v) is 8.52. The highest BCUT2D eigenvalue weighted by molar-refractivity contribution is 5.90. The molecule has 3 nitrogen and oxygen atoms in total. The van der Waals surface area contributed by atoms with Gasteiger partial charge in [0.1, 0.15) is 0 Å². The minimum Gasteiger partial charge on any atom is -0.411 e. The molecule has 0 aliphatic heterocycles. The van der Waals surface area contributed by atoms with E-state index in [0.29, 0.717) is 0 Å². The molecule has 0 saturated carbocycles. The van der Waals surface area contributed by atoms with Crippen LogP contribution >= 0.6 is 0 Å². The Bertz CT molecular complexity index is 153. The summed E-state index contributed by atoms with van der Waals surface area (Å²) < 4.78 is 0. The van der Waals surface area contributed by atoms with Crippen molar-refractivity contribution < 1.29 is 5.21 Å². The van der Waals surface area contributed by atoms with E-state index in [2.05, 4.69) is 17.4 Å². The van der Waals surface area contributed by atoms with Gasteiger partial charge in [-0.25, -0.2) is 0 Å². The summed E-state index contributed by atoms with van der Waals surface area (Å²) in [7, 11) is 0. The first-order valence-electron chi connectivity index (χ1n) is 4.48. The van der Waals surface area contributed by atoms with Gasteiger partial charge in [-0.05, 0) is 33.7 Å². The van der Waals surface area contributed by atoms with Crippen molar-refractivity contribution in [2.45, 2.75) is 46.1 Å². The summed E-state index contributed by atoms with van der Waals surface area (Å²) in [4.78, 5) is 0. The Hall–Kier alpha value is -0.570. The fourth-order valence-corrected chi connectivity index (χ4v) is 0.831. The van der Waals surface area contributed by atoms with Crippen molar-refractivity contribution in [3.63, 3.8) is 0 Å². The van der Waals surface area contributed by atoms with Crippen LogP contribution in [0.3, 0.4) is 0 Å². The Labute approximate surface area is 74.9 Å². The van der Waals surface area contributed by atoms with Gasteiger partial charge < -0.3 is 10.5 Å². The molecule has 0 atom stereocenters. The molecule has 0 rings (SSSR count). The summed E-state index contributed by atoms with van der Waals surface area (Å²) in [5.41, 5.74) is 0.530. The maximum absolute atomic E-state index is 8.57. The number of hydrogen-bond acceptors (Lipinski definition) is 3. The smallest absolute Gasteiger partial charge is 0.0734 e. The largest absolute Gasteiger partial charge is 0.411 e. The Morgan fingerprint density at radius 2 is 2.08 bits per heavy atom. The normalized spacial score (nSPS) is 13.5.